The summed E-state index contributed by atoms with van der Waals surface area (Å²) in [4.78, 5) is 37.1. The Balaban J connectivity index is 1.38. The van der Waals surface area contributed by atoms with Crippen LogP contribution < -0.4 is 5.32 Å². The lowest BCUT2D eigenvalue weighted by atomic mass is 9.98. The van der Waals surface area contributed by atoms with E-state index in [4.69, 9.17) is 9.47 Å². The SMILES string of the molecule is CC(C)(C)OC(=O)NCCCCCCCCN(CC(=O)O)C(=O)OCC1c2ccccc2-c2ccccc21. The van der Waals surface area contributed by atoms with Gasteiger partial charge in [-0.25, -0.2) is 9.59 Å². The summed E-state index contributed by atoms with van der Waals surface area (Å²) >= 11 is 0. The van der Waals surface area contributed by atoms with E-state index in [1.54, 1.807) is 0 Å². The molecule has 0 saturated heterocycles. The third kappa shape index (κ3) is 8.78. The summed E-state index contributed by atoms with van der Waals surface area (Å²) in [6, 6.07) is 16.2. The third-order valence-electron chi connectivity index (χ3n) is 6.44. The Kier molecular flexibility index (Phi) is 10.6. The summed E-state index contributed by atoms with van der Waals surface area (Å²) < 4.78 is 10.9. The van der Waals surface area contributed by atoms with E-state index in [9.17, 15) is 19.5 Å². The summed E-state index contributed by atoms with van der Waals surface area (Å²) in [5, 5.41) is 12.1. The summed E-state index contributed by atoms with van der Waals surface area (Å²) in [7, 11) is 0. The molecule has 0 bridgehead atoms. The molecule has 0 heterocycles. The lowest BCUT2D eigenvalue weighted by Crippen LogP contribution is -2.37. The van der Waals surface area contributed by atoms with Gasteiger partial charge >= 0.3 is 18.2 Å². The highest BCUT2D eigenvalue weighted by Crippen LogP contribution is 2.44. The molecule has 0 aliphatic heterocycles. The number of rotatable bonds is 13. The predicted molar refractivity (Wildman–Crippen MR) is 146 cm³/mol. The van der Waals surface area contributed by atoms with Gasteiger partial charge in [-0.2, -0.15) is 0 Å². The Bertz CT molecular complexity index is 1050. The first-order valence-corrected chi connectivity index (χ1v) is 13.4. The van der Waals surface area contributed by atoms with Crippen molar-refractivity contribution in [3.8, 4) is 11.1 Å². The maximum Gasteiger partial charge on any atom is 0.410 e. The smallest absolute Gasteiger partial charge is 0.410 e. The van der Waals surface area contributed by atoms with Crippen molar-refractivity contribution >= 4 is 18.2 Å². The summed E-state index contributed by atoms with van der Waals surface area (Å²) in [6.45, 7) is 6.19. The largest absolute Gasteiger partial charge is 0.480 e. The molecule has 1 aliphatic carbocycles. The highest BCUT2D eigenvalue weighted by Gasteiger charge is 2.30. The fourth-order valence-electron chi connectivity index (χ4n) is 4.72. The van der Waals surface area contributed by atoms with Crippen LogP contribution in [0.15, 0.2) is 48.5 Å². The zero-order valence-electron chi connectivity index (χ0n) is 22.7. The van der Waals surface area contributed by atoms with E-state index in [-0.39, 0.29) is 19.1 Å². The molecule has 2 amide bonds. The van der Waals surface area contributed by atoms with Crippen LogP contribution in [0.4, 0.5) is 9.59 Å². The Morgan fingerprint density at radius 2 is 1.42 bits per heavy atom. The van der Waals surface area contributed by atoms with Crippen LogP contribution >= 0.6 is 0 Å². The zero-order valence-corrected chi connectivity index (χ0v) is 22.7. The molecule has 8 nitrogen and oxygen atoms in total. The summed E-state index contributed by atoms with van der Waals surface area (Å²) in [5.74, 6) is -1.13. The normalized spacial score (nSPS) is 12.4. The monoisotopic (exact) mass is 524 g/mol. The molecule has 8 heteroatoms. The van der Waals surface area contributed by atoms with Crippen LogP contribution in [0.2, 0.25) is 0 Å². The van der Waals surface area contributed by atoms with Crippen molar-refractivity contribution in [1.82, 2.24) is 10.2 Å². The van der Waals surface area contributed by atoms with Gasteiger partial charge < -0.3 is 19.9 Å². The summed E-state index contributed by atoms with van der Waals surface area (Å²) in [6.07, 6.45) is 4.40. The van der Waals surface area contributed by atoms with Crippen molar-refractivity contribution in [2.24, 2.45) is 0 Å². The fraction of sp³-hybridized carbons (Fsp3) is 0.500. The number of nitrogens with one attached hydrogen (secondary N) is 1. The number of benzene rings is 2. The molecule has 3 rings (SSSR count). The van der Waals surface area contributed by atoms with Gasteiger partial charge in [0.2, 0.25) is 0 Å². The van der Waals surface area contributed by atoms with Gasteiger partial charge in [-0.15, -0.1) is 0 Å². The van der Waals surface area contributed by atoms with Crippen molar-refractivity contribution in [2.45, 2.75) is 70.8 Å². The van der Waals surface area contributed by atoms with E-state index in [0.717, 1.165) is 54.4 Å². The van der Waals surface area contributed by atoms with Crippen LogP contribution in [-0.2, 0) is 14.3 Å². The van der Waals surface area contributed by atoms with Crippen LogP contribution in [0, 0.1) is 0 Å². The van der Waals surface area contributed by atoms with E-state index in [1.807, 2.05) is 45.0 Å². The number of carboxylic acid groups (broad SMARTS) is 1. The second-order valence-corrected chi connectivity index (χ2v) is 10.7. The van der Waals surface area contributed by atoms with Crippen molar-refractivity contribution in [2.75, 3.05) is 26.2 Å². The Morgan fingerprint density at radius 3 is 2.00 bits per heavy atom. The lowest BCUT2D eigenvalue weighted by Gasteiger charge is -2.22. The number of carbonyl (C=O) groups excluding carboxylic acids is 2. The number of alkyl carbamates (subject to hydrolysis) is 1. The molecule has 1 aliphatic rings. The average molecular weight is 525 g/mol. The quantitative estimate of drug-likeness (QED) is 0.303. The second kappa shape index (κ2) is 13.8. The summed E-state index contributed by atoms with van der Waals surface area (Å²) in [5.41, 5.74) is 4.03. The molecule has 2 aromatic rings. The molecular weight excluding hydrogens is 484 g/mol. The highest BCUT2D eigenvalue weighted by molar-refractivity contribution is 5.79. The fourth-order valence-corrected chi connectivity index (χ4v) is 4.72. The number of nitrogens with zero attached hydrogens (tertiary/aromatic N) is 1. The van der Waals surface area contributed by atoms with E-state index in [0.29, 0.717) is 19.5 Å². The van der Waals surface area contributed by atoms with Crippen LogP contribution in [0.1, 0.15) is 76.3 Å². The Morgan fingerprint density at radius 1 is 0.868 bits per heavy atom. The maximum absolute atomic E-state index is 12.8. The third-order valence-corrected chi connectivity index (χ3v) is 6.44. The van der Waals surface area contributed by atoms with Crippen molar-refractivity contribution in [3.63, 3.8) is 0 Å². The van der Waals surface area contributed by atoms with Gasteiger partial charge in [0.05, 0.1) is 0 Å². The average Bonchev–Trinajstić information content (AvgIpc) is 3.18. The molecule has 2 aromatic carbocycles. The number of amides is 2. The van der Waals surface area contributed by atoms with Crippen LogP contribution in [0.3, 0.4) is 0 Å². The van der Waals surface area contributed by atoms with Crippen LogP contribution in [-0.4, -0.2) is 60.0 Å². The van der Waals surface area contributed by atoms with E-state index < -0.39 is 23.8 Å². The number of fused-ring (bicyclic) bond motifs is 3. The molecular formula is C30H40N2O6. The molecule has 206 valence electrons. The van der Waals surface area contributed by atoms with E-state index in [2.05, 4.69) is 29.6 Å². The minimum Gasteiger partial charge on any atom is -0.480 e. The molecule has 0 fully saturated rings. The molecule has 0 atom stereocenters. The number of hydrogen-bond acceptors (Lipinski definition) is 5. The minimum absolute atomic E-state index is 0.0668. The number of unbranched alkanes of at least 4 members (excludes halogenated alkanes) is 5. The van der Waals surface area contributed by atoms with Gasteiger partial charge in [0.15, 0.2) is 0 Å². The molecule has 2 N–H and O–H groups in total. The van der Waals surface area contributed by atoms with Gasteiger partial charge in [0.25, 0.3) is 0 Å². The number of ether oxygens (including phenoxy) is 2. The van der Waals surface area contributed by atoms with Crippen LogP contribution in [0.5, 0.6) is 0 Å². The van der Waals surface area contributed by atoms with Gasteiger partial charge in [-0.1, -0.05) is 74.2 Å². The van der Waals surface area contributed by atoms with Gasteiger partial charge in [0.1, 0.15) is 18.8 Å². The lowest BCUT2D eigenvalue weighted by molar-refractivity contribution is -0.138. The van der Waals surface area contributed by atoms with Gasteiger partial charge in [0, 0.05) is 19.0 Å². The number of carbonyl (C=O) groups is 3. The van der Waals surface area contributed by atoms with Crippen molar-refractivity contribution in [1.29, 1.82) is 0 Å². The maximum atomic E-state index is 12.8. The van der Waals surface area contributed by atoms with Gasteiger partial charge in [-0.3, -0.25) is 9.69 Å². The highest BCUT2D eigenvalue weighted by atomic mass is 16.6. The Labute approximate surface area is 225 Å². The first-order chi connectivity index (χ1) is 18.2. The number of hydrogen-bond donors (Lipinski definition) is 2. The number of carboxylic acids is 1. The van der Waals surface area contributed by atoms with Crippen molar-refractivity contribution in [3.05, 3.63) is 59.7 Å². The predicted octanol–water partition coefficient (Wildman–Crippen LogP) is 6.19. The molecule has 38 heavy (non-hydrogen) atoms. The van der Waals surface area contributed by atoms with Gasteiger partial charge in [-0.05, 0) is 55.9 Å². The molecule has 0 radical (unpaired) electrons. The second-order valence-electron chi connectivity index (χ2n) is 10.7. The molecule has 0 unspecified atom stereocenters. The number of aliphatic carboxylic acids is 1. The van der Waals surface area contributed by atoms with E-state index in [1.165, 1.54) is 4.90 Å². The molecule has 0 aromatic heterocycles. The van der Waals surface area contributed by atoms with Crippen molar-refractivity contribution < 1.29 is 29.0 Å². The molecule has 0 spiro atoms. The minimum atomic E-state index is -1.06. The Hall–Kier alpha value is -3.55. The van der Waals surface area contributed by atoms with Crippen LogP contribution in [0.25, 0.3) is 11.1 Å². The zero-order chi connectivity index (χ0) is 27.5. The first-order valence-electron chi connectivity index (χ1n) is 13.4. The first kappa shape index (κ1) is 29.0. The topological polar surface area (TPSA) is 105 Å². The molecule has 0 saturated carbocycles. The van der Waals surface area contributed by atoms with E-state index >= 15 is 0 Å². The standard InChI is InChI=1S/C30H40N2O6/c1-30(2,3)38-28(35)31-18-12-6-4-5-7-13-19-32(20-27(33)34)29(36)37-21-26-24-16-10-8-14-22(24)23-15-9-11-17-25(23)26/h8-11,14-17,26H,4-7,12-13,18-21H2,1-3H3,(H,31,35)(H,33,34).